The van der Waals surface area contributed by atoms with Gasteiger partial charge >= 0.3 is 23.6 Å². The second-order valence-electron chi connectivity index (χ2n) is 8.22. The average Bonchev–Trinajstić information content (AvgIpc) is 3.13. The van der Waals surface area contributed by atoms with E-state index in [-0.39, 0.29) is 17.1 Å². The number of anilines is 1. The molecule has 2 N–H and O–H groups in total. The number of aryl methyl sites for hydroxylation is 1. The van der Waals surface area contributed by atoms with Crippen molar-refractivity contribution >= 4 is 33.8 Å². The maximum absolute atomic E-state index is 13.1. The number of hydrogen-bond donors (Lipinski definition) is 1. The van der Waals surface area contributed by atoms with Gasteiger partial charge in [0.1, 0.15) is 30.2 Å². The minimum absolute atomic E-state index is 0.00461. The van der Waals surface area contributed by atoms with Crippen LogP contribution in [0.5, 0.6) is 0 Å². The predicted molar refractivity (Wildman–Crippen MR) is 128 cm³/mol. The Morgan fingerprint density at radius 1 is 1.08 bits per heavy atom. The summed E-state index contributed by atoms with van der Waals surface area (Å²) in [7, 11) is -4.46. The van der Waals surface area contributed by atoms with E-state index in [4.69, 9.17) is 28.9 Å². The monoisotopic (exact) mass is 553 g/mol. The van der Waals surface area contributed by atoms with Gasteiger partial charge in [-0.25, -0.2) is 9.59 Å². The molecular formula is C23H27N3O11S. The highest BCUT2D eigenvalue weighted by molar-refractivity contribution is 7.86. The number of esters is 3. The van der Waals surface area contributed by atoms with Crippen molar-refractivity contribution in [2.45, 2.75) is 57.1 Å². The van der Waals surface area contributed by atoms with Gasteiger partial charge in [-0.3, -0.25) is 18.3 Å². The molecule has 3 rings (SSSR count). The zero-order chi connectivity index (χ0) is 28.2. The number of aromatic nitrogens is 2. The van der Waals surface area contributed by atoms with Gasteiger partial charge < -0.3 is 24.7 Å². The smallest absolute Gasteiger partial charge is 0.351 e. The van der Waals surface area contributed by atoms with Gasteiger partial charge in [-0.1, -0.05) is 17.7 Å². The summed E-state index contributed by atoms with van der Waals surface area (Å²) in [4.78, 5) is 52.0. The Hall–Kier alpha value is -3.82. The van der Waals surface area contributed by atoms with E-state index in [1.807, 2.05) is 0 Å². The first-order chi connectivity index (χ1) is 17.8. The Morgan fingerprint density at radius 3 is 2.32 bits per heavy atom. The summed E-state index contributed by atoms with van der Waals surface area (Å²) < 4.78 is 53.5. The van der Waals surface area contributed by atoms with Crippen LogP contribution in [-0.4, -0.2) is 67.4 Å². The molecule has 0 bridgehead atoms. The van der Waals surface area contributed by atoms with Crippen LogP contribution in [0, 0.1) is 6.92 Å². The zero-order valence-corrected chi connectivity index (χ0v) is 21.8. The zero-order valence-electron chi connectivity index (χ0n) is 21.0. The fourth-order valence-electron chi connectivity index (χ4n) is 3.64. The molecule has 206 valence electrons. The maximum Gasteiger partial charge on any atom is 0.351 e. The van der Waals surface area contributed by atoms with E-state index in [0.29, 0.717) is 0 Å². The molecule has 1 aliphatic heterocycles. The molecule has 1 aromatic carbocycles. The van der Waals surface area contributed by atoms with Crippen LogP contribution < -0.4 is 11.4 Å². The first-order valence-electron chi connectivity index (χ1n) is 11.4. The van der Waals surface area contributed by atoms with Gasteiger partial charge in [0.25, 0.3) is 10.1 Å². The largest absolute Gasteiger partial charge is 0.463 e. The van der Waals surface area contributed by atoms with Crippen molar-refractivity contribution in [3.8, 4) is 0 Å². The van der Waals surface area contributed by atoms with Gasteiger partial charge in [0.15, 0.2) is 12.3 Å². The third kappa shape index (κ3) is 6.54. The summed E-state index contributed by atoms with van der Waals surface area (Å²) in [6.07, 6.45) is -5.03. The summed E-state index contributed by atoms with van der Waals surface area (Å²) in [6, 6.07) is 5.75. The molecule has 2 aromatic rings. The average molecular weight is 554 g/mol. The number of nitrogen functional groups attached to an aromatic ring is 1. The summed E-state index contributed by atoms with van der Waals surface area (Å²) in [5, 5.41) is 0. The lowest BCUT2D eigenvalue weighted by molar-refractivity contribution is -0.155. The number of nitrogens with zero attached hydrogens (tertiary/aromatic N) is 2. The van der Waals surface area contributed by atoms with Crippen molar-refractivity contribution in [3.63, 3.8) is 0 Å². The fraction of sp³-hybridized carbons (Fsp3) is 0.435. The van der Waals surface area contributed by atoms with Gasteiger partial charge in [-0.2, -0.15) is 13.4 Å². The van der Waals surface area contributed by atoms with Crippen LogP contribution in [0.2, 0.25) is 0 Å². The lowest BCUT2D eigenvalue weighted by atomic mass is 10.1. The number of hydrogen-bond acceptors (Lipinski definition) is 13. The minimum atomic E-state index is -4.46. The molecule has 0 amide bonds. The predicted octanol–water partition coefficient (Wildman–Crippen LogP) is 0.477. The third-order valence-electron chi connectivity index (χ3n) is 5.34. The standard InChI is InChI=1S/C23H27N3O11S/c1-5-33-22(29)16-10-26(23(30)25-20(16)24)21-19(35-14(4)28)18(17(36-21)11-34-13(3)27)37-38(31,32)15-8-6-12(2)7-9-15/h6-10,17-19,21H,5,11H2,1-4H3,(H2,24,25,30)/t17-,18+,19-,21-/m1/s1. The topological polar surface area (TPSA) is 192 Å². The molecule has 2 heterocycles. The van der Waals surface area contributed by atoms with Crippen LogP contribution >= 0.6 is 0 Å². The lowest BCUT2D eigenvalue weighted by Gasteiger charge is -2.24. The van der Waals surface area contributed by atoms with Crippen LogP contribution in [0.15, 0.2) is 40.2 Å². The number of rotatable bonds is 9. The van der Waals surface area contributed by atoms with Gasteiger partial charge in [-0.15, -0.1) is 0 Å². The van der Waals surface area contributed by atoms with Crippen LogP contribution in [0.4, 0.5) is 5.82 Å². The van der Waals surface area contributed by atoms with Crippen molar-refractivity contribution in [1.29, 1.82) is 0 Å². The first-order valence-corrected chi connectivity index (χ1v) is 12.8. The van der Waals surface area contributed by atoms with E-state index in [1.54, 1.807) is 26.0 Å². The van der Waals surface area contributed by atoms with Crippen LogP contribution in [-0.2, 0) is 42.8 Å². The molecule has 1 aliphatic rings. The second kappa shape index (κ2) is 11.7. The summed E-state index contributed by atoms with van der Waals surface area (Å²) >= 11 is 0. The van der Waals surface area contributed by atoms with Crippen molar-refractivity contribution < 1.29 is 45.9 Å². The molecule has 0 saturated carbocycles. The summed E-state index contributed by atoms with van der Waals surface area (Å²) in [5.74, 6) is -2.88. The van der Waals surface area contributed by atoms with Crippen LogP contribution in [0.25, 0.3) is 0 Å². The molecule has 38 heavy (non-hydrogen) atoms. The molecule has 1 aromatic heterocycles. The number of benzene rings is 1. The van der Waals surface area contributed by atoms with Crippen molar-refractivity contribution in [2.75, 3.05) is 18.9 Å². The van der Waals surface area contributed by atoms with E-state index in [1.165, 1.54) is 12.1 Å². The highest BCUT2D eigenvalue weighted by Gasteiger charge is 2.52. The highest BCUT2D eigenvalue weighted by atomic mass is 32.2. The van der Waals surface area contributed by atoms with E-state index in [2.05, 4.69) is 4.98 Å². The first kappa shape index (κ1) is 28.7. The molecule has 1 fully saturated rings. The van der Waals surface area contributed by atoms with E-state index in [9.17, 15) is 27.6 Å². The normalized spacial score (nSPS) is 21.1. The molecule has 0 aliphatic carbocycles. The van der Waals surface area contributed by atoms with Crippen LogP contribution in [0.1, 0.15) is 42.9 Å². The Labute approximate surface area is 217 Å². The maximum atomic E-state index is 13.1. The molecule has 1 saturated heterocycles. The quantitative estimate of drug-likeness (QED) is 0.256. The molecule has 0 unspecified atom stereocenters. The number of nitrogens with two attached hydrogens (primary N) is 1. The highest BCUT2D eigenvalue weighted by Crippen LogP contribution is 2.35. The molecule has 0 radical (unpaired) electrons. The number of ether oxygens (including phenoxy) is 4. The molecule has 14 nitrogen and oxygen atoms in total. The lowest BCUT2D eigenvalue weighted by Crippen LogP contribution is -2.42. The summed E-state index contributed by atoms with van der Waals surface area (Å²) in [5.41, 5.74) is 5.22. The van der Waals surface area contributed by atoms with E-state index >= 15 is 0 Å². The van der Waals surface area contributed by atoms with Crippen molar-refractivity contribution in [3.05, 3.63) is 52.1 Å². The van der Waals surface area contributed by atoms with Crippen molar-refractivity contribution in [1.82, 2.24) is 9.55 Å². The fourth-order valence-corrected chi connectivity index (χ4v) is 4.74. The molecule has 15 heteroatoms. The SMILES string of the molecule is CCOC(=O)c1cn([C@@H]2O[C@H](COC(C)=O)[C@H](OS(=O)(=O)c3ccc(C)cc3)[C@H]2OC(C)=O)c(=O)nc1N. The van der Waals surface area contributed by atoms with E-state index in [0.717, 1.165) is 30.2 Å². The van der Waals surface area contributed by atoms with Crippen LogP contribution in [0.3, 0.4) is 0 Å². The molecular weight excluding hydrogens is 526 g/mol. The minimum Gasteiger partial charge on any atom is -0.463 e. The number of carbonyl (C=O) groups excluding carboxylic acids is 3. The van der Waals surface area contributed by atoms with Gasteiger partial charge in [0, 0.05) is 20.0 Å². The number of carbonyl (C=O) groups is 3. The Morgan fingerprint density at radius 2 is 1.74 bits per heavy atom. The molecule has 4 atom stereocenters. The van der Waals surface area contributed by atoms with E-state index < -0.39 is 70.7 Å². The summed E-state index contributed by atoms with van der Waals surface area (Å²) in [6.45, 7) is 4.99. The Kier molecular flexibility index (Phi) is 8.85. The Bertz CT molecular complexity index is 1370. The second-order valence-corrected chi connectivity index (χ2v) is 9.79. The van der Waals surface area contributed by atoms with Gasteiger partial charge in [0.2, 0.25) is 0 Å². The third-order valence-corrected chi connectivity index (χ3v) is 6.66. The Balaban J connectivity index is 2.09. The van der Waals surface area contributed by atoms with Crippen molar-refractivity contribution in [2.24, 2.45) is 0 Å². The molecule has 0 spiro atoms. The van der Waals surface area contributed by atoms with Gasteiger partial charge in [-0.05, 0) is 26.0 Å². The van der Waals surface area contributed by atoms with Gasteiger partial charge in [0.05, 0.1) is 11.5 Å².